The minimum absolute atomic E-state index is 0.332. The Kier molecular flexibility index (Phi) is 5.58. The first kappa shape index (κ1) is 17.2. The number of nitriles is 1. The smallest absolute Gasteiger partial charge is 0.249 e. The molecule has 1 aromatic heterocycles. The number of benzene rings is 2. The second kappa shape index (κ2) is 8.44. The van der Waals surface area contributed by atoms with Crippen LogP contribution >= 0.6 is 0 Å². The highest BCUT2D eigenvalue weighted by Crippen LogP contribution is 2.18. The number of aromatic nitrogens is 3. The lowest BCUT2D eigenvalue weighted by Crippen LogP contribution is -2.09. The molecule has 7 nitrogen and oxygen atoms in total. The molecule has 2 aromatic carbocycles. The van der Waals surface area contributed by atoms with Crippen molar-refractivity contribution < 1.29 is 4.74 Å². The second-order valence-electron chi connectivity index (χ2n) is 5.48. The van der Waals surface area contributed by atoms with Gasteiger partial charge in [-0.05, 0) is 36.2 Å². The fourth-order valence-corrected chi connectivity index (χ4v) is 2.41. The average molecular weight is 346 g/mol. The number of nitrogens with one attached hydrogen (secondary N) is 2. The molecule has 3 aromatic rings. The zero-order valence-corrected chi connectivity index (χ0v) is 14.3. The van der Waals surface area contributed by atoms with Crippen molar-refractivity contribution in [3.8, 4) is 11.8 Å². The molecule has 130 valence electrons. The van der Waals surface area contributed by atoms with Gasteiger partial charge in [0.05, 0.1) is 24.6 Å². The van der Waals surface area contributed by atoms with Crippen LogP contribution in [0.5, 0.6) is 5.75 Å². The van der Waals surface area contributed by atoms with E-state index in [-0.39, 0.29) is 0 Å². The zero-order valence-electron chi connectivity index (χ0n) is 14.3. The molecule has 0 aliphatic carbocycles. The van der Waals surface area contributed by atoms with E-state index in [1.54, 1.807) is 31.5 Å². The first-order valence-electron chi connectivity index (χ1n) is 8.11. The minimum atomic E-state index is 0.332. The van der Waals surface area contributed by atoms with Gasteiger partial charge < -0.3 is 15.4 Å². The Bertz CT molecular complexity index is 922. The van der Waals surface area contributed by atoms with Crippen LogP contribution in [0.2, 0.25) is 0 Å². The monoisotopic (exact) mass is 346 g/mol. The third-order valence-electron chi connectivity index (χ3n) is 3.71. The number of hydrogen-bond acceptors (Lipinski definition) is 7. The lowest BCUT2D eigenvalue weighted by molar-refractivity contribution is 0.414. The third kappa shape index (κ3) is 4.45. The molecule has 0 saturated carbocycles. The molecule has 0 saturated heterocycles. The number of hydrogen-bond donors (Lipinski definition) is 2. The van der Waals surface area contributed by atoms with Crippen LogP contribution in [0.4, 0.5) is 17.5 Å². The van der Waals surface area contributed by atoms with Gasteiger partial charge in [-0.15, -0.1) is 5.10 Å². The van der Waals surface area contributed by atoms with Gasteiger partial charge in [-0.1, -0.05) is 24.3 Å². The number of anilines is 3. The van der Waals surface area contributed by atoms with Gasteiger partial charge in [-0.25, -0.2) is 0 Å². The molecular formula is C19H18N6O. The molecule has 0 fully saturated rings. The van der Waals surface area contributed by atoms with Gasteiger partial charge >= 0.3 is 0 Å². The Morgan fingerprint density at radius 3 is 2.88 bits per heavy atom. The highest BCUT2D eigenvalue weighted by Gasteiger charge is 2.05. The van der Waals surface area contributed by atoms with Crippen LogP contribution in [0.15, 0.2) is 54.7 Å². The standard InChI is InChI=1S/C19H18N6O/c1-26-16-7-4-5-14(11-16)9-10-21-18-13-22-25-19(24-18)23-17-8-3-2-6-15(17)12-20/h2-8,11,13H,9-10H2,1H3,(H2,21,23,24,25). The summed E-state index contributed by atoms with van der Waals surface area (Å²) in [5, 5.41) is 23.3. The molecular weight excluding hydrogens is 328 g/mol. The fourth-order valence-electron chi connectivity index (χ4n) is 2.41. The van der Waals surface area contributed by atoms with E-state index in [0.29, 0.717) is 29.6 Å². The van der Waals surface area contributed by atoms with Crippen molar-refractivity contribution in [2.24, 2.45) is 0 Å². The molecule has 0 spiro atoms. The Morgan fingerprint density at radius 1 is 1.15 bits per heavy atom. The Balaban J connectivity index is 1.61. The first-order valence-corrected chi connectivity index (χ1v) is 8.11. The highest BCUT2D eigenvalue weighted by atomic mass is 16.5. The van der Waals surface area contributed by atoms with Crippen molar-refractivity contribution in [2.75, 3.05) is 24.3 Å². The van der Waals surface area contributed by atoms with E-state index >= 15 is 0 Å². The van der Waals surface area contributed by atoms with Gasteiger partial charge in [0.25, 0.3) is 0 Å². The summed E-state index contributed by atoms with van der Waals surface area (Å²) in [5.74, 6) is 1.78. The maximum absolute atomic E-state index is 9.15. The highest BCUT2D eigenvalue weighted by molar-refractivity contribution is 5.63. The van der Waals surface area contributed by atoms with Crippen LogP contribution in [0.25, 0.3) is 0 Å². The van der Waals surface area contributed by atoms with Crippen LogP contribution in [0.3, 0.4) is 0 Å². The average Bonchev–Trinajstić information content (AvgIpc) is 2.69. The molecule has 0 amide bonds. The quantitative estimate of drug-likeness (QED) is 0.678. The number of ether oxygens (including phenoxy) is 1. The van der Waals surface area contributed by atoms with Gasteiger partial charge in [-0.3, -0.25) is 0 Å². The third-order valence-corrected chi connectivity index (χ3v) is 3.71. The molecule has 3 rings (SSSR count). The lowest BCUT2D eigenvalue weighted by atomic mass is 10.1. The van der Waals surface area contributed by atoms with Crippen molar-refractivity contribution in [2.45, 2.75) is 6.42 Å². The topological polar surface area (TPSA) is 95.8 Å². The van der Waals surface area contributed by atoms with Gasteiger partial charge in [0, 0.05) is 6.54 Å². The van der Waals surface area contributed by atoms with E-state index in [4.69, 9.17) is 10.00 Å². The van der Waals surface area contributed by atoms with Crippen molar-refractivity contribution in [3.63, 3.8) is 0 Å². The number of methoxy groups -OCH3 is 1. The Morgan fingerprint density at radius 2 is 2.04 bits per heavy atom. The summed E-state index contributed by atoms with van der Waals surface area (Å²) < 4.78 is 5.23. The van der Waals surface area contributed by atoms with E-state index in [9.17, 15) is 0 Å². The van der Waals surface area contributed by atoms with Gasteiger partial charge in [-0.2, -0.15) is 15.3 Å². The summed E-state index contributed by atoms with van der Waals surface area (Å²) in [4.78, 5) is 4.38. The molecule has 0 unspecified atom stereocenters. The SMILES string of the molecule is COc1cccc(CCNc2cnnc(Nc3ccccc3C#N)n2)c1. The van der Waals surface area contributed by atoms with Gasteiger partial charge in [0.2, 0.25) is 5.95 Å². The fraction of sp³-hybridized carbons (Fsp3) is 0.158. The number of para-hydroxylation sites is 1. The Labute approximate surface area is 151 Å². The second-order valence-corrected chi connectivity index (χ2v) is 5.48. The zero-order chi connectivity index (χ0) is 18.2. The molecule has 26 heavy (non-hydrogen) atoms. The van der Waals surface area contributed by atoms with Crippen LogP contribution < -0.4 is 15.4 Å². The molecule has 1 heterocycles. The van der Waals surface area contributed by atoms with Crippen LogP contribution in [0.1, 0.15) is 11.1 Å². The summed E-state index contributed by atoms with van der Waals surface area (Å²) in [7, 11) is 1.66. The minimum Gasteiger partial charge on any atom is -0.497 e. The predicted octanol–water partition coefficient (Wildman–Crippen LogP) is 3.15. The summed E-state index contributed by atoms with van der Waals surface area (Å²) in [6.45, 7) is 0.695. The summed E-state index contributed by atoms with van der Waals surface area (Å²) in [5.41, 5.74) is 2.33. The summed E-state index contributed by atoms with van der Waals surface area (Å²) in [6.07, 6.45) is 2.38. The number of rotatable bonds is 7. The van der Waals surface area contributed by atoms with Gasteiger partial charge in [0.1, 0.15) is 11.8 Å². The first-order chi connectivity index (χ1) is 12.8. The Hall–Kier alpha value is -3.66. The van der Waals surface area contributed by atoms with Gasteiger partial charge in [0.15, 0.2) is 5.82 Å². The summed E-state index contributed by atoms with van der Waals surface area (Å²) in [6, 6.07) is 17.2. The van der Waals surface area contributed by atoms with E-state index in [0.717, 1.165) is 12.2 Å². The van der Waals surface area contributed by atoms with Crippen LogP contribution in [-0.2, 0) is 6.42 Å². The molecule has 0 aliphatic rings. The molecule has 0 radical (unpaired) electrons. The number of nitrogens with zero attached hydrogens (tertiary/aromatic N) is 4. The maximum Gasteiger partial charge on any atom is 0.249 e. The predicted molar refractivity (Wildman–Crippen MR) is 99.5 cm³/mol. The molecule has 0 atom stereocenters. The summed E-state index contributed by atoms with van der Waals surface area (Å²) >= 11 is 0. The van der Waals surface area contributed by atoms with E-state index in [1.165, 1.54) is 5.56 Å². The van der Waals surface area contributed by atoms with Crippen molar-refractivity contribution >= 4 is 17.5 Å². The maximum atomic E-state index is 9.15. The van der Waals surface area contributed by atoms with Crippen molar-refractivity contribution in [1.82, 2.24) is 15.2 Å². The lowest BCUT2D eigenvalue weighted by Gasteiger charge is -2.09. The van der Waals surface area contributed by atoms with E-state index < -0.39 is 0 Å². The normalized spacial score (nSPS) is 10.0. The van der Waals surface area contributed by atoms with E-state index in [2.05, 4.69) is 31.9 Å². The van der Waals surface area contributed by atoms with Crippen LogP contribution in [0, 0.1) is 11.3 Å². The van der Waals surface area contributed by atoms with Crippen LogP contribution in [-0.4, -0.2) is 28.8 Å². The molecule has 7 heteroatoms. The molecule has 0 aliphatic heterocycles. The largest absolute Gasteiger partial charge is 0.497 e. The molecule has 2 N–H and O–H groups in total. The van der Waals surface area contributed by atoms with E-state index in [1.807, 2.05) is 30.3 Å². The molecule has 0 bridgehead atoms. The van der Waals surface area contributed by atoms with Crippen molar-refractivity contribution in [3.05, 3.63) is 65.9 Å². The van der Waals surface area contributed by atoms with Crippen molar-refractivity contribution in [1.29, 1.82) is 5.26 Å².